The summed E-state index contributed by atoms with van der Waals surface area (Å²) in [6.45, 7) is 0. The maximum absolute atomic E-state index is 13.0. The van der Waals surface area contributed by atoms with Gasteiger partial charge in [0.2, 0.25) is 0 Å². The highest BCUT2D eigenvalue weighted by molar-refractivity contribution is 6.33. The zero-order chi connectivity index (χ0) is 17.2. The Morgan fingerprint density at radius 1 is 1.04 bits per heavy atom. The molecule has 4 nitrogen and oxygen atoms in total. The summed E-state index contributed by atoms with van der Waals surface area (Å²) in [6.07, 6.45) is 2.20. The molecule has 0 unspecified atom stereocenters. The van der Waals surface area contributed by atoms with E-state index in [0.29, 0.717) is 22.8 Å². The van der Waals surface area contributed by atoms with Crippen LogP contribution < -0.4 is 0 Å². The van der Waals surface area contributed by atoms with Crippen molar-refractivity contribution in [1.82, 2.24) is 5.01 Å². The van der Waals surface area contributed by atoms with Crippen LogP contribution in [0, 0.1) is 0 Å². The fourth-order valence-corrected chi connectivity index (χ4v) is 3.18. The molecule has 1 aromatic heterocycles. The first kappa shape index (κ1) is 15.7. The fourth-order valence-electron chi connectivity index (χ4n) is 2.96. The second kappa shape index (κ2) is 6.57. The van der Waals surface area contributed by atoms with Crippen molar-refractivity contribution in [3.63, 3.8) is 0 Å². The van der Waals surface area contributed by atoms with Crippen molar-refractivity contribution in [2.24, 2.45) is 5.10 Å². The van der Waals surface area contributed by atoms with Gasteiger partial charge in [-0.2, -0.15) is 5.10 Å². The Hall–Kier alpha value is -2.85. The lowest BCUT2D eigenvalue weighted by atomic mass is 10.0. The lowest BCUT2D eigenvalue weighted by Crippen LogP contribution is -2.27. The highest BCUT2D eigenvalue weighted by Crippen LogP contribution is 2.35. The van der Waals surface area contributed by atoms with Crippen LogP contribution in [0.5, 0.6) is 0 Å². The summed E-state index contributed by atoms with van der Waals surface area (Å²) in [6, 6.07) is 20.2. The molecule has 5 heteroatoms. The summed E-state index contributed by atoms with van der Waals surface area (Å²) in [5, 5.41) is 6.48. The van der Waals surface area contributed by atoms with Crippen molar-refractivity contribution in [2.75, 3.05) is 0 Å². The SMILES string of the molecule is O=C(c1ccccc1Cl)N1N=C(c2ccccc2)C[C@@H]1c1ccco1. The molecule has 0 spiro atoms. The first-order valence-electron chi connectivity index (χ1n) is 7.98. The first-order chi connectivity index (χ1) is 12.2. The van der Waals surface area contributed by atoms with Gasteiger partial charge in [-0.05, 0) is 29.8 Å². The molecule has 0 N–H and O–H groups in total. The molecule has 0 fully saturated rings. The maximum Gasteiger partial charge on any atom is 0.276 e. The highest BCUT2D eigenvalue weighted by Gasteiger charge is 2.35. The van der Waals surface area contributed by atoms with Gasteiger partial charge in [-0.3, -0.25) is 4.79 Å². The third-order valence-corrected chi connectivity index (χ3v) is 4.53. The van der Waals surface area contributed by atoms with Crippen molar-refractivity contribution in [1.29, 1.82) is 0 Å². The molecule has 3 aromatic rings. The number of furan rings is 1. The van der Waals surface area contributed by atoms with Crippen LogP contribution in [0.25, 0.3) is 0 Å². The van der Waals surface area contributed by atoms with Crippen LogP contribution in [0.4, 0.5) is 0 Å². The van der Waals surface area contributed by atoms with Crippen LogP contribution in [0.2, 0.25) is 5.02 Å². The van der Waals surface area contributed by atoms with Gasteiger partial charge in [0, 0.05) is 6.42 Å². The fraction of sp³-hybridized carbons (Fsp3) is 0.100. The molecule has 4 rings (SSSR count). The van der Waals surface area contributed by atoms with E-state index < -0.39 is 0 Å². The van der Waals surface area contributed by atoms with Crippen LogP contribution in [0.1, 0.15) is 34.1 Å². The molecule has 0 saturated heterocycles. The molecule has 0 saturated carbocycles. The average molecular weight is 351 g/mol. The van der Waals surface area contributed by atoms with Gasteiger partial charge in [-0.1, -0.05) is 54.1 Å². The average Bonchev–Trinajstić information content (AvgIpc) is 3.32. The predicted molar refractivity (Wildman–Crippen MR) is 96.7 cm³/mol. The number of nitrogens with zero attached hydrogens (tertiary/aromatic N) is 2. The van der Waals surface area contributed by atoms with Crippen LogP contribution >= 0.6 is 11.6 Å². The predicted octanol–water partition coefficient (Wildman–Crippen LogP) is 4.92. The Balaban J connectivity index is 1.74. The van der Waals surface area contributed by atoms with E-state index in [9.17, 15) is 4.79 Å². The molecule has 1 aliphatic heterocycles. The molecule has 0 aliphatic carbocycles. The minimum atomic E-state index is -0.283. The van der Waals surface area contributed by atoms with E-state index in [4.69, 9.17) is 16.0 Å². The third-order valence-electron chi connectivity index (χ3n) is 4.20. The smallest absolute Gasteiger partial charge is 0.276 e. The number of amides is 1. The van der Waals surface area contributed by atoms with Crippen molar-refractivity contribution in [2.45, 2.75) is 12.5 Å². The molecule has 0 bridgehead atoms. The van der Waals surface area contributed by atoms with Gasteiger partial charge in [-0.25, -0.2) is 5.01 Å². The summed E-state index contributed by atoms with van der Waals surface area (Å²) in [7, 11) is 0. The Bertz CT molecular complexity index is 920. The number of hydrogen-bond donors (Lipinski definition) is 0. The summed E-state index contributed by atoms with van der Waals surface area (Å²) >= 11 is 6.20. The first-order valence-corrected chi connectivity index (χ1v) is 8.36. The lowest BCUT2D eigenvalue weighted by Gasteiger charge is -2.20. The molecular weight excluding hydrogens is 336 g/mol. The Kier molecular flexibility index (Phi) is 4.12. The minimum absolute atomic E-state index is 0.238. The largest absolute Gasteiger partial charge is 0.467 e. The standard InChI is InChI=1S/C20H15ClN2O2/c21-16-10-5-4-9-15(16)20(24)23-18(19-11-6-12-25-19)13-17(22-23)14-7-2-1-3-8-14/h1-12,18H,13H2/t18-/m1/s1. The number of halogens is 1. The molecule has 2 heterocycles. The summed E-state index contributed by atoms with van der Waals surface area (Å²) in [5.74, 6) is 0.466. The second-order valence-corrected chi connectivity index (χ2v) is 6.18. The number of carbonyl (C=O) groups excluding carboxylic acids is 1. The van der Waals surface area contributed by atoms with E-state index >= 15 is 0 Å². The van der Waals surface area contributed by atoms with E-state index in [0.717, 1.165) is 11.3 Å². The molecule has 2 aromatic carbocycles. The van der Waals surface area contributed by atoms with Gasteiger partial charge in [-0.15, -0.1) is 0 Å². The van der Waals surface area contributed by atoms with Crippen LogP contribution in [0.15, 0.2) is 82.5 Å². The van der Waals surface area contributed by atoms with E-state index in [1.807, 2.05) is 42.5 Å². The van der Waals surface area contributed by atoms with Crippen LogP contribution in [-0.4, -0.2) is 16.6 Å². The molecule has 1 aliphatic rings. The quantitative estimate of drug-likeness (QED) is 0.672. The summed E-state index contributed by atoms with van der Waals surface area (Å²) in [5.41, 5.74) is 2.27. The summed E-state index contributed by atoms with van der Waals surface area (Å²) in [4.78, 5) is 13.0. The van der Waals surface area contributed by atoms with Crippen molar-refractivity contribution in [3.05, 3.63) is 94.9 Å². The topological polar surface area (TPSA) is 45.8 Å². The van der Waals surface area contributed by atoms with Gasteiger partial charge in [0.1, 0.15) is 11.8 Å². The zero-order valence-corrected chi connectivity index (χ0v) is 14.1. The Labute approximate surface area is 150 Å². The molecule has 1 amide bonds. The molecule has 25 heavy (non-hydrogen) atoms. The van der Waals surface area contributed by atoms with Crippen molar-refractivity contribution < 1.29 is 9.21 Å². The highest BCUT2D eigenvalue weighted by atomic mass is 35.5. The van der Waals surface area contributed by atoms with Gasteiger partial charge in [0.25, 0.3) is 5.91 Å². The number of hydrogen-bond acceptors (Lipinski definition) is 3. The minimum Gasteiger partial charge on any atom is -0.467 e. The number of rotatable bonds is 3. The Morgan fingerprint density at radius 3 is 2.52 bits per heavy atom. The van der Waals surface area contributed by atoms with Gasteiger partial charge in [0.05, 0.1) is 22.6 Å². The van der Waals surface area contributed by atoms with Gasteiger partial charge < -0.3 is 4.42 Å². The van der Waals surface area contributed by atoms with E-state index in [2.05, 4.69) is 5.10 Å². The number of carbonyl (C=O) groups is 1. The molecule has 0 radical (unpaired) electrons. The van der Waals surface area contributed by atoms with Gasteiger partial charge in [0.15, 0.2) is 0 Å². The maximum atomic E-state index is 13.0. The monoisotopic (exact) mass is 350 g/mol. The van der Waals surface area contributed by atoms with Crippen molar-refractivity contribution in [3.8, 4) is 0 Å². The normalized spacial score (nSPS) is 16.8. The Morgan fingerprint density at radius 2 is 1.80 bits per heavy atom. The molecule has 124 valence electrons. The van der Waals surface area contributed by atoms with Crippen LogP contribution in [0.3, 0.4) is 0 Å². The van der Waals surface area contributed by atoms with E-state index in [1.54, 1.807) is 30.5 Å². The summed E-state index contributed by atoms with van der Waals surface area (Å²) < 4.78 is 5.55. The third kappa shape index (κ3) is 2.96. The van der Waals surface area contributed by atoms with Crippen LogP contribution in [-0.2, 0) is 0 Å². The number of benzene rings is 2. The lowest BCUT2D eigenvalue weighted by molar-refractivity contribution is 0.0693. The van der Waals surface area contributed by atoms with Gasteiger partial charge >= 0.3 is 0 Å². The zero-order valence-electron chi connectivity index (χ0n) is 13.3. The molecule has 1 atom stereocenters. The van der Waals surface area contributed by atoms with E-state index in [-0.39, 0.29) is 11.9 Å². The second-order valence-electron chi connectivity index (χ2n) is 5.78. The van der Waals surface area contributed by atoms with E-state index in [1.165, 1.54) is 5.01 Å². The number of hydrazone groups is 1. The van der Waals surface area contributed by atoms with Crippen molar-refractivity contribution >= 4 is 23.2 Å². The molecular formula is C20H15ClN2O2.